The second kappa shape index (κ2) is 9.94. The summed E-state index contributed by atoms with van der Waals surface area (Å²) in [7, 11) is 1.79. The van der Waals surface area contributed by atoms with Gasteiger partial charge in [-0.15, -0.1) is 0 Å². The highest BCUT2D eigenvalue weighted by molar-refractivity contribution is 5.60. The topological polar surface area (TPSA) is 33.3 Å². The van der Waals surface area contributed by atoms with Gasteiger partial charge < -0.3 is 15.4 Å². The number of anilines is 1. The van der Waals surface area contributed by atoms with Crippen molar-refractivity contribution in [1.29, 1.82) is 0 Å². The monoisotopic (exact) mass is 480 g/mol. The van der Waals surface area contributed by atoms with Gasteiger partial charge in [-0.1, -0.05) is 87.0 Å². The van der Waals surface area contributed by atoms with Crippen molar-refractivity contribution >= 4 is 5.69 Å². The van der Waals surface area contributed by atoms with Crippen molar-refractivity contribution in [2.75, 3.05) is 12.4 Å². The fraction of sp³-hybridized carbons (Fsp3) is 0.455. The first-order valence-corrected chi connectivity index (χ1v) is 13.9. The van der Waals surface area contributed by atoms with Gasteiger partial charge in [0.2, 0.25) is 0 Å². The lowest BCUT2D eigenvalue weighted by molar-refractivity contribution is 0.351. The standard InChI is InChI=1S/C33H40N2O/c1-21(2)24-17-18-29(36-3)28(19-24)35-33-31-26-16-10-15-25(20-27(26)31)34-32(33)30(22-11-6-4-7-12-22)23-13-8-5-9-14-23/h4-9,11-14,17-19,21,25-27,30-35H,10,15-16,20H2,1-3H3/t25?,26-,27?,31-,32?,33?/m0/s1. The molecule has 3 nitrogen and oxygen atoms in total. The molecule has 3 fully saturated rings. The third kappa shape index (κ3) is 4.43. The Kier molecular flexibility index (Phi) is 6.52. The second-order valence-corrected chi connectivity index (χ2v) is 11.5. The quantitative estimate of drug-likeness (QED) is 0.375. The zero-order valence-electron chi connectivity index (χ0n) is 21.9. The number of nitrogens with one attached hydrogen (secondary N) is 2. The minimum Gasteiger partial charge on any atom is -0.495 e. The van der Waals surface area contributed by atoms with Gasteiger partial charge in [0.25, 0.3) is 0 Å². The van der Waals surface area contributed by atoms with E-state index in [0.717, 1.165) is 23.3 Å². The third-order valence-electron chi connectivity index (χ3n) is 9.16. The molecule has 0 aromatic heterocycles. The number of rotatable bonds is 7. The highest BCUT2D eigenvalue weighted by atomic mass is 16.5. The Morgan fingerprint density at radius 2 is 1.53 bits per heavy atom. The third-order valence-corrected chi connectivity index (χ3v) is 9.16. The molecule has 2 saturated carbocycles. The van der Waals surface area contributed by atoms with Crippen molar-refractivity contribution in [1.82, 2.24) is 5.32 Å². The van der Waals surface area contributed by atoms with Crippen LogP contribution in [0, 0.1) is 17.8 Å². The van der Waals surface area contributed by atoms with Crippen LogP contribution in [-0.4, -0.2) is 25.2 Å². The van der Waals surface area contributed by atoms with E-state index >= 15 is 0 Å². The smallest absolute Gasteiger partial charge is 0.141 e. The van der Waals surface area contributed by atoms with Crippen molar-refractivity contribution in [3.05, 3.63) is 95.6 Å². The van der Waals surface area contributed by atoms with Gasteiger partial charge in [-0.3, -0.25) is 0 Å². The predicted octanol–water partition coefficient (Wildman–Crippen LogP) is 7.21. The lowest BCUT2D eigenvalue weighted by atomic mass is 9.80. The molecule has 3 aliphatic rings. The molecule has 2 N–H and O–H groups in total. The zero-order valence-corrected chi connectivity index (χ0v) is 21.9. The van der Waals surface area contributed by atoms with Gasteiger partial charge in [0.05, 0.1) is 12.8 Å². The molecule has 0 amide bonds. The van der Waals surface area contributed by atoms with Crippen molar-refractivity contribution < 1.29 is 4.74 Å². The van der Waals surface area contributed by atoms with Crippen molar-refractivity contribution in [2.24, 2.45) is 17.8 Å². The summed E-state index contributed by atoms with van der Waals surface area (Å²) in [5.74, 6) is 4.09. The Labute approximate surface area is 216 Å². The van der Waals surface area contributed by atoms with E-state index in [1.54, 1.807) is 7.11 Å². The highest BCUT2D eigenvalue weighted by Gasteiger charge is 2.59. The molecule has 3 heteroatoms. The Balaban J connectivity index is 1.46. The van der Waals surface area contributed by atoms with Crippen molar-refractivity contribution in [2.45, 2.75) is 69.5 Å². The van der Waals surface area contributed by atoms with Crippen LogP contribution in [0.3, 0.4) is 0 Å². The van der Waals surface area contributed by atoms with Crippen LogP contribution < -0.4 is 15.4 Å². The van der Waals surface area contributed by atoms with E-state index in [1.807, 2.05) is 0 Å². The van der Waals surface area contributed by atoms with Crippen LogP contribution in [0.5, 0.6) is 5.75 Å². The molecular weight excluding hydrogens is 440 g/mol. The van der Waals surface area contributed by atoms with E-state index in [4.69, 9.17) is 4.74 Å². The summed E-state index contributed by atoms with van der Waals surface area (Å²) in [4.78, 5) is 0. The van der Waals surface area contributed by atoms with E-state index < -0.39 is 0 Å². The summed E-state index contributed by atoms with van der Waals surface area (Å²) < 4.78 is 5.87. The van der Waals surface area contributed by atoms with Crippen LogP contribution in [0.15, 0.2) is 78.9 Å². The molecular formula is C33H40N2O. The highest BCUT2D eigenvalue weighted by Crippen LogP contribution is 2.59. The second-order valence-electron chi connectivity index (χ2n) is 11.5. The number of ether oxygens (including phenoxy) is 1. The molecule has 1 heterocycles. The van der Waals surface area contributed by atoms with Crippen LogP contribution in [0.4, 0.5) is 5.69 Å². The predicted molar refractivity (Wildman–Crippen MR) is 149 cm³/mol. The molecule has 6 rings (SSSR count). The molecule has 36 heavy (non-hydrogen) atoms. The summed E-state index contributed by atoms with van der Waals surface area (Å²) in [5, 5.41) is 8.37. The molecule has 0 spiro atoms. The Morgan fingerprint density at radius 3 is 2.17 bits per heavy atom. The molecule has 1 saturated heterocycles. The summed E-state index contributed by atoms with van der Waals surface area (Å²) in [6, 6.07) is 30.2. The van der Waals surface area contributed by atoms with Crippen LogP contribution in [0.2, 0.25) is 0 Å². The Bertz CT molecular complexity index is 1120. The molecule has 3 aromatic carbocycles. The van der Waals surface area contributed by atoms with Crippen molar-refractivity contribution in [3.63, 3.8) is 0 Å². The average Bonchev–Trinajstić information content (AvgIpc) is 3.63. The summed E-state index contributed by atoms with van der Waals surface area (Å²) >= 11 is 0. The average molecular weight is 481 g/mol. The number of methoxy groups -OCH3 is 1. The molecule has 6 atom stereocenters. The van der Waals surface area contributed by atoms with Gasteiger partial charge in [0, 0.05) is 24.0 Å². The van der Waals surface area contributed by atoms with Crippen LogP contribution in [0.1, 0.15) is 68.1 Å². The van der Waals surface area contributed by atoms with Gasteiger partial charge in [0.15, 0.2) is 0 Å². The van der Waals surface area contributed by atoms with E-state index in [-0.39, 0.29) is 5.92 Å². The van der Waals surface area contributed by atoms with Gasteiger partial charge in [-0.25, -0.2) is 0 Å². The molecule has 4 unspecified atom stereocenters. The van der Waals surface area contributed by atoms with E-state index in [9.17, 15) is 0 Å². The lowest BCUT2D eigenvalue weighted by Gasteiger charge is -2.38. The first-order chi connectivity index (χ1) is 17.6. The zero-order chi connectivity index (χ0) is 24.6. The van der Waals surface area contributed by atoms with Crippen LogP contribution >= 0.6 is 0 Å². The molecule has 2 bridgehead atoms. The first kappa shape index (κ1) is 23.6. The minimum atomic E-state index is 0.282. The summed E-state index contributed by atoms with van der Waals surface area (Å²) in [6.45, 7) is 4.53. The maximum Gasteiger partial charge on any atom is 0.141 e. The van der Waals surface area contributed by atoms with E-state index in [0.29, 0.717) is 30.0 Å². The maximum absolute atomic E-state index is 5.87. The molecule has 0 radical (unpaired) electrons. The molecule has 1 aliphatic heterocycles. The largest absolute Gasteiger partial charge is 0.495 e. The van der Waals surface area contributed by atoms with E-state index in [1.165, 1.54) is 42.4 Å². The van der Waals surface area contributed by atoms with Gasteiger partial charge >= 0.3 is 0 Å². The SMILES string of the molecule is COc1ccc(C(C)C)cc1NC1C(C(c2ccccc2)c2ccccc2)NC2CCC[C@H]3C(C2)[C@@H]13. The number of hydrogen-bond donors (Lipinski definition) is 2. The molecule has 2 aliphatic carbocycles. The summed E-state index contributed by atoms with van der Waals surface area (Å²) in [6.07, 6.45) is 5.35. The number of fused-ring (bicyclic) bond motifs is 2. The van der Waals surface area contributed by atoms with E-state index in [2.05, 4.69) is 103 Å². The number of hydrogen-bond acceptors (Lipinski definition) is 3. The molecule has 188 valence electrons. The Hall–Kier alpha value is -2.78. The van der Waals surface area contributed by atoms with Gasteiger partial charge in [-0.2, -0.15) is 0 Å². The van der Waals surface area contributed by atoms with Crippen LogP contribution in [0.25, 0.3) is 0 Å². The fourth-order valence-electron chi connectivity index (χ4n) is 7.35. The van der Waals surface area contributed by atoms with Gasteiger partial charge in [0.1, 0.15) is 5.75 Å². The normalized spacial score (nSPS) is 28.9. The van der Waals surface area contributed by atoms with Crippen LogP contribution in [-0.2, 0) is 0 Å². The summed E-state index contributed by atoms with van der Waals surface area (Å²) in [5.41, 5.74) is 5.28. The Morgan fingerprint density at radius 1 is 0.833 bits per heavy atom. The molecule has 3 aromatic rings. The van der Waals surface area contributed by atoms with Crippen molar-refractivity contribution in [3.8, 4) is 5.75 Å². The minimum absolute atomic E-state index is 0.282. The maximum atomic E-state index is 5.87. The fourth-order valence-corrected chi connectivity index (χ4v) is 7.35. The number of benzene rings is 3. The first-order valence-electron chi connectivity index (χ1n) is 13.9. The van der Waals surface area contributed by atoms with Gasteiger partial charge in [-0.05, 0) is 71.8 Å². The lowest BCUT2D eigenvalue weighted by Crippen LogP contribution is -2.51.